The van der Waals surface area contributed by atoms with Crippen LogP contribution >= 0.6 is 14.3 Å². The Hall–Kier alpha value is -1.56. The van der Waals surface area contributed by atoms with Gasteiger partial charge >= 0.3 is 0 Å². The number of ether oxygens (including phenoxy) is 1. The Bertz CT molecular complexity index is 866. The Balaban J connectivity index is 2.19. The van der Waals surface area contributed by atoms with E-state index >= 15 is 0 Å². The molecule has 0 aliphatic heterocycles. The molecule has 1 aliphatic rings. The third-order valence-electron chi connectivity index (χ3n) is 5.14. The lowest BCUT2D eigenvalue weighted by molar-refractivity contribution is 0.415. The van der Waals surface area contributed by atoms with Crippen molar-refractivity contribution in [2.45, 2.75) is 24.2 Å². The molecule has 2 aromatic rings. The molecule has 0 amide bonds. The number of hydrogen-bond acceptors (Lipinski definition) is 3. The highest BCUT2D eigenvalue weighted by Gasteiger charge is 2.44. The third kappa shape index (κ3) is 3.61. The summed E-state index contributed by atoms with van der Waals surface area (Å²) in [5.74, 6) is 0.741. The van der Waals surface area contributed by atoms with Crippen molar-refractivity contribution in [3.8, 4) is 5.75 Å². The Morgan fingerprint density at radius 3 is 2.12 bits per heavy atom. The fourth-order valence-electron chi connectivity index (χ4n) is 3.81. The van der Waals surface area contributed by atoms with Crippen LogP contribution in [0, 0.1) is 0 Å². The van der Waals surface area contributed by atoms with Crippen molar-refractivity contribution in [2.24, 2.45) is 0 Å². The average Bonchev–Trinajstić information content (AvgIpc) is 2.67. The summed E-state index contributed by atoms with van der Waals surface area (Å²) in [6, 6.07) is 17.2. The Labute approximate surface area is 156 Å². The molecule has 0 bridgehead atoms. The fraction of sp³-hybridized carbons (Fsp3) is 0.333. The molecule has 1 unspecified atom stereocenters. The van der Waals surface area contributed by atoms with Crippen LogP contribution in [0.15, 0.2) is 66.7 Å². The van der Waals surface area contributed by atoms with Gasteiger partial charge in [0, 0.05) is 21.9 Å². The molecule has 0 saturated heterocycles. The molecule has 0 fully saturated rings. The van der Waals surface area contributed by atoms with E-state index in [1.165, 1.54) is 0 Å². The van der Waals surface area contributed by atoms with Crippen molar-refractivity contribution in [1.82, 2.24) is 0 Å². The van der Waals surface area contributed by atoms with Gasteiger partial charge in [0.1, 0.15) is 12.9 Å². The van der Waals surface area contributed by atoms with Crippen molar-refractivity contribution in [1.29, 1.82) is 0 Å². The summed E-state index contributed by atoms with van der Waals surface area (Å²) in [6.07, 6.45) is 5.78. The first-order valence-electron chi connectivity index (χ1n) is 8.88. The van der Waals surface area contributed by atoms with E-state index in [1.54, 1.807) is 7.11 Å². The van der Waals surface area contributed by atoms with Gasteiger partial charge in [0.25, 0.3) is 0 Å². The first-order chi connectivity index (χ1) is 12.4. The maximum absolute atomic E-state index is 14.6. The molecule has 26 heavy (non-hydrogen) atoms. The van der Waals surface area contributed by atoms with Crippen LogP contribution in [-0.4, -0.2) is 31.8 Å². The highest BCUT2D eigenvalue weighted by molar-refractivity contribution is 7.80. The van der Waals surface area contributed by atoms with E-state index in [9.17, 15) is 9.13 Å². The number of hydrogen-bond donors (Lipinski definition) is 0. The summed E-state index contributed by atoms with van der Waals surface area (Å²) < 4.78 is 32.9. The molecule has 3 rings (SSSR count). The zero-order chi connectivity index (χ0) is 18.8. The smallest absolute Gasteiger partial charge is 0.147 e. The molecule has 1 aliphatic carbocycles. The Kier molecular flexibility index (Phi) is 5.61. The zero-order valence-electron chi connectivity index (χ0n) is 15.5. The van der Waals surface area contributed by atoms with E-state index in [0.29, 0.717) is 0 Å². The second-order valence-corrected chi connectivity index (χ2v) is 13.7. The molecule has 0 aromatic heterocycles. The van der Waals surface area contributed by atoms with Crippen molar-refractivity contribution in [2.75, 3.05) is 20.4 Å². The third-order valence-corrected chi connectivity index (χ3v) is 11.0. The molecule has 0 heterocycles. The summed E-state index contributed by atoms with van der Waals surface area (Å²) >= 11 is 0. The molecule has 0 saturated carbocycles. The minimum atomic E-state index is -2.96. The van der Waals surface area contributed by atoms with Gasteiger partial charge in [0.15, 0.2) is 0 Å². The monoisotopic (exact) mass is 388 g/mol. The average molecular weight is 388 g/mol. The maximum atomic E-state index is 14.6. The molecule has 0 radical (unpaired) electrons. The van der Waals surface area contributed by atoms with Crippen LogP contribution < -0.4 is 15.3 Å². The molecule has 5 heteroatoms. The summed E-state index contributed by atoms with van der Waals surface area (Å²) in [5, 5.41) is 1.65. The SMILES string of the molecule is COc1ccc(P(=O)(c2ccccc2)[C@@H]2CCC=C[C@H]2P(C)(C)=O)cc1. The molecular weight excluding hydrogens is 362 g/mol. The van der Waals surface area contributed by atoms with Crippen LogP contribution in [0.3, 0.4) is 0 Å². The molecule has 3 atom stereocenters. The van der Waals surface area contributed by atoms with Crippen LogP contribution in [0.4, 0.5) is 0 Å². The molecule has 0 N–H and O–H groups in total. The molecule has 2 aromatic carbocycles. The standard InChI is InChI=1S/C21H26O3P2/c1-24-17-13-15-19(16-14-17)26(23,18-9-5-4-6-10-18)21-12-8-7-11-20(21)25(2,3)22/h4-7,9-11,13-16,20-21H,8,12H2,1-3H3/t20-,21-,26?/m1/s1. The highest BCUT2D eigenvalue weighted by atomic mass is 31.2. The largest absolute Gasteiger partial charge is 0.497 e. The van der Waals surface area contributed by atoms with E-state index in [2.05, 4.69) is 6.08 Å². The predicted octanol–water partition coefficient (Wildman–Crippen LogP) is 4.72. The van der Waals surface area contributed by atoms with Crippen molar-refractivity contribution >= 4 is 24.9 Å². The first kappa shape index (κ1) is 19.2. The maximum Gasteiger partial charge on any atom is 0.147 e. The lowest BCUT2D eigenvalue weighted by Crippen LogP contribution is -2.35. The van der Waals surface area contributed by atoms with Gasteiger partial charge < -0.3 is 13.9 Å². The minimum absolute atomic E-state index is 0.149. The van der Waals surface area contributed by atoms with Gasteiger partial charge in [-0.1, -0.05) is 42.5 Å². The quantitative estimate of drug-likeness (QED) is 0.550. The topological polar surface area (TPSA) is 43.4 Å². The van der Waals surface area contributed by atoms with Gasteiger partial charge in [-0.25, -0.2) is 0 Å². The summed E-state index contributed by atoms with van der Waals surface area (Å²) in [4.78, 5) is 0. The number of allylic oxidation sites excluding steroid dienone is 2. The van der Waals surface area contributed by atoms with Crippen molar-refractivity contribution in [3.05, 3.63) is 66.7 Å². The highest BCUT2D eigenvalue weighted by Crippen LogP contribution is 2.60. The van der Waals surface area contributed by atoms with Gasteiger partial charge in [-0.15, -0.1) is 0 Å². The van der Waals surface area contributed by atoms with Gasteiger partial charge in [-0.3, -0.25) is 0 Å². The van der Waals surface area contributed by atoms with Crippen LogP contribution in [0.1, 0.15) is 12.8 Å². The zero-order valence-corrected chi connectivity index (χ0v) is 17.3. The number of rotatable bonds is 5. The van der Waals surface area contributed by atoms with Crippen LogP contribution in [-0.2, 0) is 9.13 Å². The first-order valence-corrected chi connectivity index (χ1v) is 13.3. The predicted molar refractivity (Wildman–Crippen MR) is 112 cm³/mol. The number of methoxy groups -OCH3 is 1. The van der Waals surface area contributed by atoms with E-state index < -0.39 is 14.3 Å². The van der Waals surface area contributed by atoms with Crippen LogP contribution in [0.5, 0.6) is 5.75 Å². The van der Waals surface area contributed by atoms with Gasteiger partial charge in [0.05, 0.1) is 14.3 Å². The van der Waals surface area contributed by atoms with Crippen molar-refractivity contribution < 1.29 is 13.9 Å². The van der Waals surface area contributed by atoms with Gasteiger partial charge in [-0.2, -0.15) is 0 Å². The summed E-state index contributed by atoms with van der Waals surface area (Å²) in [7, 11) is -3.77. The van der Waals surface area contributed by atoms with Crippen LogP contribution in [0.25, 0.3) is 0 Å². The van der Waals surface area contributed by atoms with E-state index in [4.69, 9.17) is 4.74 Å². The minimum Gasteiger partial charge on any atom is -0.497 e. The van der Waals surface area contributed by atoms with E-state index in [1.807, 2.05) is 74.0 Å². The normalized spacial score (nSPS) is 22.6. The van der Waals surface area contributed by atoms with Gasteiger partial charge in [0.2, 0.25) is 0 Å². The number of benzene rings is 2. The second kappa shape index (κ2) is 7.59. The summed E-state index contributed by atoms with van der Waals surface area (Å²) in [6.45, 7) is 3.62. The summed E-state index contributed by atoms with van der Waals surface area (Å²) in [5.41, 5.74) is -0.312. The molecule has 0 spiro atoms. The molecular formula is C21H26O3P2. The van der Waals surface area contributed by atoms with E-state index in [0.717, 1.165) is 29.2 Å². The van der Waals surface area contributed by atoms with Gasteiger partial charge in [-0.05, 0) is 50.4 Å². The molecule has 3 nitrogen and oxygen atoms in total. The van der Waals surface area contributed by atoms with Crippen LogP contribution in [0.2, 0.25) is 0 Å². The lowest BCUT2D eigenvalue weighted by Gasteiger charge is -2.37. The Morgan fingerprint density at radius 1 is 0.923 bits per heavy atom. The van der Waals surface area contributed by atoms with Crippen molar-refractivity contribution in [3.63, 3.8) is 0 Å². The lowest BCUT2D eigenvalue weighted by atomic mass is 10.1. The van der Waals surface area contributed by atoms with E-state index in [-0.39, 0.29) is 11.3 Å². The Morgan fingerprint density at radius 2 is 1.54 bits per heavy atom. The molecule has 138 valence electrons. The fourth-order valence-corrected chi connectivity index (χ4v) is 10.2. The second-order valence-electron chi connectivity index (χ2n) is 7.19.